The Morgan fingerprint density at radius 3 is 2.44 bits per heavy atom. The van der Waals surface area contributed by atoms with Crippen LogP contribution in [-0.4, -0.2) is 28.5 Å². The fourth-order valence-corrected chi connectivity index (χ4v) is 4.74. The Bertz CT molecular complexity index is 1380. The molecule has 1 fully saturated rings. The van der Waals surface area contributed by atoms with E-state index >= 15 is 0 Å². The molecule has 1 heterocycles. The molecule has 10 heteroatoms. The van der Waals surface area contributed by atoms with Gasteiger partial charge in [0.05, 0.1) is 4.91 Å². The molecule has 0 radical (unpaired) electrons. The molecule has 3 aromatic carbocycles. The SMILES string of the molecule is Cc1ccc(NC(=O)CN2C(=O)S/C(=C/c3ccc(OCc4ccc(Cl)cc4Cl)cc3)C2=O)cc1Cl. The Labute approximate surface area is 227 Å². The van der Waals surface area contributed by atoms with Crippen molar-refractivity contribution in [2.75, 3.05) is 11.9 Å². The third-order valence-electron chi connectivity index (χ3n) is 5.22. The summed E-state index contributed by atoms with van der Waals surface area (Å²) in [6, 6.07) is 17.3. The molecule has 0 saturated carbocycles. The summed E-state index contributed by atoms with van der Waals surface area (Å²) in [4.78, 5) is 38.7. The highest BCUT2D eigenvalue weighted by Crippen LogP contribution is 2.32. The number of thioether (sulfide) groups is 1. The fraction of sp³-hybridized carbons (Fsp3) is 0.115. The third kappa shape index (κ3) is 6.42. The summed E-state index contributed by atoms with van der Waals surface area (Å²) in [5, 5.41) is 3.72. The zero-order valence-electron chi connectivity index (χ0n) is 18.9. The maximum atomic E-state index is 12.8. The van der Waals surface area contributed by atoms with Crippen LogP contribution in [0.4, 0.5) is 10.5 Å². The van der Waals surface area contributed by atoms with Crippen molar-refractivity contribution < 1.29 is 19.1 Å². The van der Waals surface area contributed by atoms with Crippen molar-refractivity contribution in [3.63, 3.8) is 0 Å². The van der Waals surface area contributed by atoms with Crippen LogP contribution in [0.15, 0.2) is 65.6 Å². The van der Waals surface area contributed by atoms with Crippen molar-refractivity contribution in [1.29, 1.82) is 0 Å². The van der Waals surface area contributed by atoms with E-state index in [0.717, 1.165) is 27.8 Å². The molecular weight excluding hydrogens is 543 g/mol. The molecule has 1 saturated heterocycles. The fourth-order valence-electron chi connectivity index (χ4n) is 3.26. The first-order valence-electron chi connectivity index (χ1n) is 10.7. The van der Waals surface area contributed by atoms with E-state index in [-0.39, 0.29) is 11.5 Å². The zero-order valence-corrected chi connectivity index (χ0v) is 22.0. The number of ether oxygens (including phenoxy) is 1. The van der Waals surface area contributed by atoms with Crippen LogP contribution in [0.25, 0.3) is 6.08 Å². The van der Waals surface area contributed by atoms with Gasteiger partial charge < -0.3 is 10.1 Å². The molecule has 1 N–H and O–H groups in total. The molecule has 36 heavy (non-hydrogen) atoms. The van der Waals surface area contributed by atoms with E-state index in [2.05, 4.69) is 5.32 Å². The average Bonchev–Trinajstić information content (AvgIpc) is 3.09. The molecule has 4 rings (SSSR count). The van der Waals surface area contributed by atoms with Crippen LogP contribution in [0.3, 0.4) is 0 Å². The van der Waals surface area contributed by atoms with Crippen molar-refractivity contribution in [2.45, 2.75) is 13.5 Å². The smallest absolute Gasteiger partial charge is 0.294 e. The number of amides is 3. The topological polar surface area (TPSA) is 75.7 Å². The van der Waals surface area contributed by atoms with Crippen molar-refractivity contribution in [3.8, 4) is 5.75 Å². The van der Waals surface area contributed by atoms with E-state index in [1.54, 1.807) is 66.7 Å². The summed E-state index contributed by atoms with van der Waals surface area (Å²) in [7, 11) is 0. The number of anilines is 1. The highest BCUT2D eigenvalue weighted by atomic mass is 35.5. The number of hydrogen-bond donors (Lipinski definition) is 1. The second-order valence-electron chi connectivity index (χ2n) is 7.87. The van der Waals surface area contributed by atoms with Gasteiger partial charge in [-0.05, 0) is 72.3 Å². The minimum atomic E-state index is -0.528. The monoisotopic (exact) mass is 560 g/mol. The Morgan fingerprint density at radius 2 is 1.75 bits per heavy atom. The standard InChI is InChI=1S/C26H19Cl3N2O4S/c1-15-2-7-19(12-21(15)28)30-24(32)13-31-25(33)23(36-26(31)34)10-16-3-8-20(9-4-16)35-14-17-5-6-18(27)11-22(17)29/h2-12H,13-14H2,1H3,(H,30,32)/b23-10+. The predicted octanol–water partition coefficient (Wildman–Crippen LogP) is 7.21. The lowest BCUT2D eigenvalue weighted by atomic mass is 10.2. The van der Waals surface area contributed by atoms with Gasteiger partial charge in [0, 0.05) is 26.3 Å². The maximum absolute atomic E-state index is 12.8. The minimum absolute atomic E-state index is 0.229. The molecule has 1 aliphatic heterocycles. The van der Waals surface area contributed by atoms with Crippen molar-refractivity contribution in [3.05, 3.63) is 97.3 Å². The Morgan fingerprint density at radius 1 is 1.00 bits per heavy atom. The van der Waals surface area contributed by atoms with Gasteiger partial charge in [0.15, 0.2) is 0 Å². The molecule has 6 nitrogen and oxygen atoms in total. The number of nitrogens with zero attached hydrogens (tertiary/aromatic N) is 1. The Balaban J connectivity index is 1.36. The number of halogens is 3. The largest absolute Gasteiger partial charge is 0.489 e. The Kier molecular flexibility index (Phi) is 8.26. The van der Waals surface area contributed by atoms with Crippen LogP contribution >= 0.6 is 46.6 Å². The minimum Gasteiger partial charge on any atom is -0.489 e. The van der Waals surface area contributed by atoms with Gasteiger partial charge in [-0.25, -0.2) is 0 Å². The zero-order chi connectivity index (χ0) is 25.8. The molecule has 3 amide bonds. The molecule has 0 unspecified atom stereocenters. The molecule has 0 spiro atoms. The number of aryl methyl sites for hydroxylation is 1. The van der Waals surface area contributed by atoms with Crippen LogP contribution in [0.5, 0.6) is 5.75 Å². The van der Waals surface area contributed by atoms with Gasteiger partial charge in [0.1, 0.15) is 18.9 Å². The number of nitrogens with one attached hydrogen (secondary N) is 1. The second-order valence-corrected chi connectivity index (χ2v) is 10.1. The van der Waals surface area contributed by atoms with Gasteiger partial charge in [-0.15, -0.1) is 0 Å². The van der Waals surface area contributed by atoms with Gasteiger partial charge >= 0.3 is 0 Å². The van der Waals surface area contributed by atoms with E-state index in [9.17, 15) is 14.4 Å². The van der Waals surface area contributed by atoms with Crippen LogP contribution in [0.1, 0.15) is 16.7 Å². The van der Waals surface area contributed by atoms with Gasteiger partial charge in [-0.2, -0.15) is 0 Å². The number of hydrogen-bond acceptors (Lipinski definition) is 5. The van der Waals surface area contributed by atoms with Crippen LogP contribution in [0, 0.1) is 6.92 Å². The van der Waals surface area contributed by atoms with Crippen LogP contribution in [0.2, 0.25) is 15.1 Å². The normalized spacial score (nSPS) is 14.4. The predicted molar refractivity (Wildman–Crippen MR) is 145 cm³/mol. The van der Waals surface area contributed by atoms with E-state index in [4.69, 9.17) is 39.5 Å². The quantitative estimate of drug-likeness (QED) is 0.309. The lowest BCUT2D eigenvalue weighted by Gasteiger charge is -2.13. The molecule has 0 bridgehead atoms. The van der Waals surface area contributed by atoms with Crippen LogP contribution < -0.4 is 10.1 Å². The molecule has 184 valence electrons. The summed E-state index contributed by atoms with van der Waals surface area (Å²) < 4.78 is 5.76. The van der Waals surface area contributed by atoms with E-state index in [1.165, 1.54) is 0 Å². The number of imide groups is 1. The maximum Gasteiger partial charge on any atom is 0.294 e. The van der Waals surface area contributed by atoms with Gasteiger partial charge in [-0.3, -0.25) is 19.3 Å². The van der Waals surface area contributed by atoms with E-state index < -0.39 is 23.6 Å². The summed E-state index contributed by atoms with van der Waals surface area (Å²) in [5.41, 5.74) is 2.86. The summed E-state index contributed by atoms with van der Waals surface area (Å²) in [6.45, 7) is 1.72. The van der Waals surface area contributed by atoms with Gasteiger partial charge in [-0.1, -0.05) is 59.1 Å². The first-order valence-corrected chi connectivity index (χ1v) is 12.6. The first kappa shape index (κ1) is 26.1. The highest BCUT2D eigenvalue weighted by molar-refractivity contribution is 8.18. The highest BCUT2D eigenvalue weighted by Gasteiger charge is 2.36. The molecular formula is C26H19Cl3N2O4S. The number of benzene rings is 3. The van der Waals surface area contributed by atoms with Gasteiger partial charge in [0.25, 0.3) is 11.1 Å². The average molecular weight is 562 g/mol. The molecule has 3 aromatic rings. The van der Waals surface area contributed by atoms with Crippen molar-refractivity contribution >= 4 is 75.4 Å². The second kappa shape index (κ2) is 11.4. The summed E-state index contributed by atoms with van der Waals surface area (Å²) >= 11 is 18.9. The summed E-state index contributed by atoms with van der Waals surface area (Å²) in [5.74, 6) is -0.417. The molecule has 0 aromatic heterocycles. The van der Waals surface area contributed by atoms with Gasteiger partial charge in [0.2, 0.25) is 5.91 Å². The molecule has 1 aliphatic rings. The lowest BCUT2D eigenvalue weighted by Crippen LogP contribution is -2.36. The van der Waals surface area contributed by atoms with Crippen LogP contribution in [-0.2, 0) is 16.2 Å². The van der Waals surface area contributed by atoms with Crippen molar-refractivity contribution in [1.82, 2.24) is 4.90 Å². The molecule has 0 atom stereocenters. The molecule has 0 aliphatic carbocycles. The number of rotatable bonds is 7. The lowest BCUT2D eigenvalue weighted by molar-refractivity contribution is -0.127. The number of carbonyl (C=O) groups is 3. The first-order chi connectivity index (χ1) is 17.2. The Hall–Kier alpha value is -2.97. The third-order valence-corrected chi connectivity index (χ3v) is 7.12. The number of carbonyl (C=O) groups excluding carboxylic acids is 3. The van der Waals surface area contributed by atoms with E-state index in [1.807, 2.05) is 6.92 Å². The summed E-state index contributed by atoms with van der Waals surface area (Å²) in [6.07, 6.45) is 1.60. The van der Waals surface area contributed by atoms with E-state index in [0.29, 0.717) is 32.1 Å². The van der Waals surface area contributed by atoms with Crippen molar-refractivity contribution in [2.24, 2.45) is 0 Å².